The lowest BCUT2D eigenvalue weighted by atomic mass is 10.2. The van der Waals surface area contributed by atoms with E-state index >= 15 is 0 Å². The van der Waals surface area contributed by atoms with E-state index in [0.717, 1.165) is 5.56 Å². The summed E-state index contributed by atoms with van der Waals surface area (Å²) in [6.07, 6.45) is 0.590. The minimum atomic E-state index is -3.18. The van der Waals surface area contributed by atoms with Gasteiger partial charge in [0.1, 0.15) is 6.04 Å². The summed E-state index contributed by atoms with van der Waals surface area (Å²) < 4.78 is 23.7. The first kappa shape index (κ1) is 17.0. The quantitative estimate of drug-likeness (QED) is 0.754. The third-order valence-electron chi connectivity index (χ3n) is 2.64. The second-order valence-electron chi connectivity index (χ2n) is 4.42. The third-order valence-corrected chi connectivity index (χ3v) is 5.71. The number of hydrogen-bond acceptors (Lipinski definition) is 5. The van der Waals surface area contributed by atoms with Crippen LogP contribution >= 0.6 is 11.8 Å². The first-order valence-corrected chi connectivity index (χ1v) is 9.05. The molecule has 1 atom stereocenters. The summed E-state index contributed by atoms with van der Waals surface area (Å²) in [6.45, 7) is 1.83. The smallest absolute Gasteiger partial charge is 0.321 e. The molecule has 0 saturated heterocycles. The van der Waals surface area contributed by atoms with Gasteiger partial charge in [0.25, 0.3) is 0 Å². The van der Waals surface area contributed by atoms with E-state index in [0.29, 0.717) is 22.8 Å². The van der Waals surface area contributed by atoms with Crippen LogP contribution in [0.25, 0.3) is 0 Å². The third kappa shape index (κ3) is 5.15. The monoisotopic (exact) mass is 317 g/mol. The summed E-state index contributed by atoms with van der Waals surface area (Å²) in [5, 5.41) is 8.65. The normalized spacial score (nSPS) is 13.1. The molecule has 1 unspecified atom stereocenters. The van der Waals surface area contributed by atoms with E-state index in [9.17, 15) is 13.2 Å². The SMILES string of the molecule is CCCS(=O)(=O)c1ccc(CSCC(N)C(=O)O)cc1. The number of aliphatic carboxylic acids is 1. The highest BCUT2D eigenvalue weighted by molar-refractivity contribution is 7.98. The van der Waals surface area contributed by atoms with Crippen molar-refractivity contribution < 1.29 is 18.3 Å². The van der Waals surface area contributed by atoms with Crippen LogP contribution in [0, 0.1) is 0 Å². The molecule has 5 nitrogen and oxygen atoms in total. The van der Waals surface area contributed by atoms with Crippen molar-refractivity contribution in [3.63, 3.8) is 0 Å². The summed E-state index contributed by atoms with van der Waals surface area (Å²) in [5.74, 6) is 0.0630. The van der Waals surface area contributed by atoms with Crippen molar-refractivity contribution in [3.8, 4) is 0 Å². The predicted molar refractivity (Wildman–Crippen MR) is 80.6 cm³/mol. The topological polar surface area (TPSA) is 97.5 Å². The zero-order valence-corrected chi connectivity index (χ0v) is 12.9. The van der Waals surface area contributed by atoms with E-state index in [1.807, 2.05) is 6.92 Å². The van der Waals surface area contributed by atoms with Crippen molar-refractivity contribution in [3.05, 3.63) is 29.8 Å². The maximum absolute atomic E-state index is 11.8. The van der Waals surface area contributed by atoms with Crippen molar-refractivity contribution in [2.45, 2.75) is 30.0 Å². The summed E-state index contributed by atoms with van der Waals surface area (Å²) in [5.41, 5.74) is 6.34. The fraction of sp³-hybridized carbons (Fsp3) is 0.462. The Kier molecular flexibility index (Phi) is 6.51. The van der Waals surface area contributed by atoms with Crippen molar-refractivity contribution >= 4 is 27.6 Å². The van der Waals surface area contributed by atoms with Crippen LogP contribution in [-0.4, -0.2) is 37.0 Å². The summed E-state index contributed by atoms with van der Waals surface area (Å²) >= 11 is 1.41. The fourth-order valence-corrected chi connectivity index (χ4v) is 3.82. The largest absolute Gasteiger partial charge is 0.480 e. The van der Waals surface area contributed by atoms with Crippen LogP contribution in [0.15, 0.2) is 29.2 Å². The zero-order valence-electron chi connectivity index (χ0n) is 11.3. The van der Waals surface area contributed by atoms with E-state index in [4.69, 9.17) is 10.8 Å². The Labute approximate surface area is 123 Å². The number of hydrogen-bond donors (Lipinski definition) is 2. The number of carboxylic acids is 1. The van der Waals surface area contributed by atoms with E-state index < -0.39 is 21.8 Å². The maximum atomic E-state index is 11.8. The molecule has 0 aliphatic carbocycles. The molecule has 0 heterocycles. The molecule has 0 saturated carbocycles. The number of carboxylic acid groups (broad SMARTS) is 1. The number of sulfone groups is 1. The van der Waals surface area contributed by atoms with Crippen LogP contribution in [-0.2, 0) is 20.4 Å². The molecule has 1 aromatic carbocycles. The van der Waals surface area contributed by atoms with Gasteiger partial charge in [-0.05, 0) is 24.1 Å². The predicted octanol–water partition coefficient (Wildman–Crippen LogP) is 1.52. The van der Waals surface area contributed by atoms with Gasteiger partial charge in [0.05, 0.1) is 10.6 Å². The van der Waals surface area contributed by atoms with Gasteiger partial charge in [-0.15, -0.1) is 0 Å². The average molecular weight is 317 g/mol. The van der Waals surface area contributed by atoms with Gasteiger partial charge in [0.2, 0.25) is 0 Å². The van der Waals surface area contributed by atoms with Crippen LogP contribution in [0.4, 0.5) is 0 Å². The Morgan fingerprint density at radius 1 is 1.35 bits per heavy atom. The second kappa shape index (κ2) is 7.66. The molecule has 112 valence electrons. The van der Waals surface area contributed by atoms with E-state index in [1.165, 1.54) is 11.8 Å². The van der Waals surface area contributed by atoms with E-state index in [1.54, 1.807) is 24.3 Å². The molecular weight excluding hydrogens is 298 g/mol. The zero-order chi connectivity index (χ0) is 15.2. The molecule has 20 heavy (non-hydrogen) atoms. The maximum Gasteiger partial charge on any atom is 0.321 e. The number of rotatable bonds is 8. The van der Waals surface area contributed by atoms with Gasteiger partial charge in [-0.3, -0.25) is 4.79 Å². The molecule has 0 radical (unpaired) electrons. The Hall–Kier alpha value is -1.05. The van der Waals surface area contributed by atoms with Gasteiger partial charge in [0, 0.05) is 11.5 Å². The van der Waals surface area contributed by atoms with Gasteiger partial charge in [-0.25, -0.2) is 8.42 Å². The van der Waals surface area contributed by atoms with Gasteiger partial charge in [-0.2, -0.15) is 11.8 Å². The molecule has 0 fully saturated rings. The highest BCUT2D eigenvalue weighted by Crippen LogP contribution is 2.17. The van der Waals surface area contributed by atoms with Gasteiger partial charge in [-0.1, -0.05) is 19.1 Å². The molecule has 0 bridgehead atoms. The lowest BCUT2D eigenvalue weighted by Gasteiger charge is -2.07. The number of nitrogens with two attached hydrogens (primary N) is 1. The highest BCUT2D eigenvalue weighted by Gasteiger charge is 2.13. The van der Waals surface area contributed by atoms with Crippen LogP contribution < -0.4 is 5.73 Å². The van der Waals surface area contributed by atoms with Crippen LogP contribution in [0.3, 0.4) is 0 Å². The first-order valence-electron chi connectivity index (χ1n) is 6.24. The molecule has 0 spiro atoms. The minimum Gasteiger partial charge on any atom is -0.480 e. The molecule has 0 aliphatic rings. The summed E-state index contributed by atoms with van der Waals surface area (Å²) in [7, 11) is -3.18. The molecule has 0 amide bonds. The summed E-state index contributed by atoms with van der Waals surface area (Å²) in [4.78, 5) is 10.9. The Morgan fingerprint density at radius 3 is 2.45 bits per heavy atom. The van der Waals surface area contributed by atoms with Crippen LogP contribution in [0.2, 0.25) is 0 Å². The van der Waals surface area contributed by atoms with Gasteiger partial charge < -0.3 is 10.8 Å². The Bertz CT molecular complexity index is 540. The summed E-state index contributed by atoms with van der Waals surface area (Å²) in [6, 6.07) is 5.82. The van der Waals surface area contributed by atoms with Crippen molar-refractivity contribution in [1.82, 2.24) is 0 Å². The fourth-order valence-electron chi connectivity index (χ4n) is 1.55. The standard InChI is InChI=1S/C13H19NO4S2/c1-2-7-20(17,18)11-5-3-10(4-6-11)8-19-9-12(14)13(15)16/h3-6,12H,2,7-9,14H2,1H3,(H,15,16). The molecule has 1 aromatic rings. The number of benzene rings is 1. The van der Waals surface area contributed by atoms with Crippen molar-refractivity contribution in [2.24, 2.45) is 5.73 Å². The molecule has 0 aromatic heterocycles. The Balaban J connectivity index is 2.57. The molecular formula is C13H19NO4S2. The first-order chi connectivity index (χ1) is 9.36. The van der Waals surface area contributed by atoms with Crippen LogP contribution in [0.5, 0.6) is 0 Å². The average Bonchev–Trinajstić information content (AvgIpc) is 2.39. The molecule has 0 aliphatic heterocycles. The lowest BCUT2D eigenvalue weighted by Crippen LogP contribution is -2.32. The second-order valence-corrected chi connectivity index (χ2v) is 7.56. The van der Waals surface area contributed by atoms with Crippen molar-refractivity contribution in [2.75, 3.05) is 11.5 Å². The van der Waals surface area contributed by atoms with E-state index in [2.05, 4.69) is 0 Å². The molecule has 7 heteroatoms. The van der Waals surface area contributed by atoms with Crippen molar-refractivity contribution in [1.29, 1.82) is 0 Å². The molecule has 3 N–H and O–H groups in total. The van der Waals surface area contributed by atoms with Crippen LogP contribution in [0.1, 0.15) is 18.9 Å². The van der Waals surface area contributed by atoms with Gasteiger partial charge in [0.15, 0.2) is 9.84 Å². The minimum absolute atomic E-state index is 0.147. The van der Waals surface area contributed by atoms with E-state index in [-0.39, 0.29) is 5.75 Å². The molecule has 1 rings (SSSR count). The lowest BCUT2D eigenvalue weighted by molar-refractivity contribution is -0.137. The Morgan fingerprint density at radius 2 is 1.95 bits per heavy atom. The number of thioether (sulfide) groups is 1. The highest BCUT2D eigenvalue weighted by atomic mass is 32.2. The number of carbonyl (C=O) groups is 1. The van der Waals surface area contributed by atoms with Gasteiger partial charge >= 0.3 is 5.97 Å².